The van der Waals surface area contributed by atoms with Gasteiger partial charge in [-0.1, -0.05) is 0 Å². The molecule has 2 rings (SSSR count). The molecule has 2 N–H and O–H groups in total. The first-order chi connectivity index (χ1) is 9.92. The van der Waals surface area contributed by atoms with Gasteiger partial charge in [0.15, 0.2) is 0 Å². The summed E-state index contributed by atoms with van der Waals surface area (Å²) in [5, 5.41) is 9.79. The Bertz CT molecular complexity index is 695. The molecule has 0 aliphatic rings. The average molecular weight is 354 g/mol. The Hall–Kier alpha value is -1.93. The van der Waals surface area contributed by atoms with E-state index in [1.165, 1.54) is 4.57 Å². The molecular formula is C13H16BrN5O2. The number of rotatable bonds is 4. The highest BCUT2D eigenvalue weighted by Gasteiger charge is 2.20. The molecule has 0 aliphatic carbocycles. The van der Waals surface area contributed by atoms with Crippen LogP contribution in [0.25, 0.3) is 0 Å². The van der Waals surface area contributed by atoms with Gasteiger partial charge in [-0.25, -0.2) is 0 Å². The van der Waals surface area contributed by atoms with E-state index in [9.17, 15) is 9.59 Å². The summed E-state index contributed by atoms with van der Waals surface area (Å²) in [7, 11) is 5.12. The lowest BCUT2D eigenvalue weighted by Gasteiger charge is -2.15. The van der Waals surface area contributed by atoms with E-state index >= 15 is 0 Å². The number of amides is 1. The molecule has 0 aliphatic heterocycles. The van der Waals surface area contributed by atoms with Crippen molar-refractivity contribution in [3.63, 3.8) is 0 Å². The number of anilines is 1. The molecule has 0 saturated heterocycles. The van der Waals surface area contributed by atoms with Crippen LogP contribution in [0.4, 0.5) is 5.69 Å². The number of hydrogen-bond donors (Lipinski definition) is 2. The highest BCUT2D eigenvalue weighted by molar-refractivity contribution is 9.10. The summed E-state index contributed by atoms with van der Waals surface area (Å²) in [6.07, 6.45) is 4.98. The molecular weight excluding hydrogens is 338 g/mol. The van der Waals surface area contributed by atoms with Crippen molar-refractivity contribution in [2.75, 3.05) is 12.4 Å². The van der Waals surface area contributed by atoms with E-state index in [2.05, 4.69) is 31.7 Å². The minimum atomic E-state index is -0.519. The predicted molar refractivity (Wildman–Crippen MR) is 83.0 cm³/mol. The Labute approximate surface area is 130 Å². The van der Waals surface area contributed by atoms with Crippen molar-refractivity contribution >= 4 is 27.5 Å². The first-order valence-electron chi connectivity index (χ1n) is 6.25. The lowest BCUT2D eigenvalue weighted by Crippen LogP contribution is -2.31. The maximum absolute atomic E-state index is 12.3. The number of aromatic nitrogens is 3. The molecule has 0 aromatic carbocycles. The highest BCUT2D eigenvalue weighted by atomic mass is 79.9. The molecule has 112 valence electrons. The zero-order chi connectivity index (χ0) is 15.6. The van der Waals surface area contributed by atoms with Crippen LogP contribution >= 0.6 is 15.9 Å². The summed E-state index contributed by atoms with van der Waals surface area (Å²) in [4.78, 5) is 23.9. The van der Waals surface area contributed by atoms with E-state index < -0.39 is 6.04 Å². The molecule has 7 nitrogen and oxygen atoms in total. The second-order valence-electron chi connectivity index (χ2n) is 4.65. The molecule has 2 aromatic heterocycles. The molecule has 21 heavy (non-hydrogen) atoms. The van der Waals surface area contributed by atoms with Gasteiger partial charge in [-0.05, 0) is 29.0 Å². The van der Waals surface area contributed by atoms with Crippen molar-refractivity contribution in [1.82, 2.24) is 19.7 Å². The van der Waals surface area contributed by atoms with Gasteiger partial charge >= 0.3 is 0 Å². The van der Waals surface area contributed by atoms with Crippen molar-refractivity contribution in [3.8, 4) is 0 Å². The number of aryl methyl sites for hydroxylation is 2. The third-order valence-electron chi connectivity index (χ3n) is 3.02. The fraction of sp³-hybridized carbons (Fsp3) is 0.308. The minimum Gasteiger partial charge on any atom is -0.323 e. The average Bonchev–Trinajstić information content (AvgIpc) is 2.83. The lowest BCUT2D eigenvalue weighted by atomic mass is 10.1. The monoisotopic (exact) mass is 353 g/mol. The number of halogens is 1. The summed E-state index contributed by atoms with van der Waals surface area (Å²) in [5.74, 6) is -0.226. The number of carbonyl (C=O) groups is 1. The lowest BCUT2D eigenvalue weighted by molar-refractivity contribution is -0.118. The van der Waals surface area contributed by atoms with Crippen LogP contribution in [0.1, 0.15) is 11.6 Å². The van der Waals surface area contributed by atoms with Gasteiger partial charge in [0.05, 0.1) is 16.4 Å². The van der Waals surface area contributed by atoms with Crippen molar-refractivity contribution < 1.29 is 4.79 Å². The second-order valence-corrected chi connectivity index (χ2v) is 5.51. The highest BCUT2D eigenvalue weighted by Crippen LogP contribution is 2.16. The molecule has 8 heteroatoms. The largest absolute Gasteiger partial charge is 0.323 e. The van der Waals surface area contributed by atoms with E-state index in [-0.39, 0.29) is 11.5 Å². The Balaban J connectivity index is 2.22. The summed E-state index contributed by atoms with van der Waals surface area (Å²) in [6.45, 7) is 0. The van der Waals surface area contributed by atoms with Gasteiger partial charge in [-0.3, -0.25) is 14.3 Å². The summed E-state index contributed by atoms with van der Waals surface area (Å²) in [6, 6.07) is 1.06. The molecule has 0 fully saturated rings. The van der Waals surface area contributed by atoms with Crippen LogP contribution in [0.15, 0.2) is 33.9 Å². The van der Waals surface area contributed by atoms with Crippen molar-refractivity contribution in [2.45, 2.75) is 6.04 Å². The van der Waals surface area contributed by atoms with Gasteiger partial charge in [0.2, 0.25) is 5.91 Å². The standard InChI is InChI=1S/C13H16BrN5O2/c1-15-11(8-5-16-19(3)6-8)12(20)17-9-4-10(14)13(21)18(2)7-9/h4-7,11,15H,1-3H3,(H,17,20). The van der Waals surface area contributed by atoms with Gasteiger partial charge in [0, 0.05) is 32.1 Å². The quantitative estimate of drug-likeness (QED) is 0.850. The van der Waals surface area contributed by atoms with E-state index in [1.807, 2.05) is 0 Å². The number of pyridine rings is 1. The normalized spacial score (nSPS) is 12.2. The second kappa shape index (κ2) is 6.23. The molecule has 0 bridgehead atoms. The van der Waals surface area contributed by atoms with Gasteiger partial charge in [0.25, 0.3) is 5.56 Å². The molecule has 0 spiro atoms. The minimum absolute atomic E-state index is 0.162. The Morgan fingerprint density at radius 3 is 2.62 bits per heavy atom. The fourth-order valence-corrected chi connectivity index (χ4v) is 2.52. The SMILES string of the molecule is CNC(C(=O)Nc1cc(Br)c(=O)n(C)c1)c1cnn(C)c1. The van der Waals surface area contributed by atoms with Crippen LogP contribution in [0, 0.1) is 0 Å². The molecule has 2 heterocycles. The zero-order valence-electron chi connectivity index (χ0n) is 11.9. The molecule has 0 radical (unpaired) electrons. The third kappa shape index (κ3) is 3.40. The van der Waals surface area contributed by atoms with Crippen LogP contribution in [0.3, 0.4) is 0 Å². The van der Waals surface area contributed by atoms with E-state index in [1.54, 1.807) is 50.5 Å². The van der Waals surface area contributed by atoms with E-state index in [0.29, 0.717) is 10.2 Å². The summed E-state index contributed by atoms with van der Waals surface area (Å²) >= 11 is 3.18. The number of carbonyl (C=O) groups excluding carboxylic acids is 1. The zero-order valence-corrected chi connectivity index (χ0v) is 13.5. The molecule has 1 amide bonds. The molecule has 2 aromatic rings. The summed E-state index contributed by atoms with van der Waals surface area (Å²) in [5.41, 5.74) is 1.14. The van der Waals surface area contributed by atoms with E-state index in [0.717, 1.165) is 5.56 Å². The first kappa shape index (κ1) is 15.5. The predicted octanol–water partition coefficient (Wildman–Crippen LogP) is 0.780. The maximum Gasteiger partial charge on any atom is 0.264 e. The fourth-order valence-electron chi connectivity index (χ4n) is 1.99. The van der Waals surface area contributed by atoms with Gasteiger partial charge < -0.3 is 15.2 Å². The number of nitrogens with zero attached hydrogens (tertiary/aromatic N) is 3. The van der Waals surface area contributed by atoms with Gasteiger partial charge in [-0.15, -0.1) is 0 Å². The molecule has 0 saturated carbocycles. The number of likely N-dealkylation sites (N-methyl/N-ethyl adjacent to an activating group) is 1. The van der Waals surface area contributed by atoms with Crippen LogP contribution in [-0.4, -0.2) is 27.3 Å². The maximum atomic E-state index is 12.3. The Kier molecular flexibility index (Phi) is 4.59. The number of nitrogens with one attached hydrogen (secondary N) is 2. The van der Waals surface area contributed by atoms with Gasteiger partial charge in [-0.2, -0.15) is 5.10 Å². The Morgan fingerprint density at radius 1 is 1.38 bits per heavy atom. The molecule has 1 atom stereocenters. The van der Waals surface area contributed by atoms with Crippen molar-refractivity contribution in [1.29, 1.82) is 0 Å². The van der Waals surface area contributed by atoms with Crippen molar-refractivity contribution in [3.05, 3.63) is 45.0 Å². The van der Waals surface area contributed by atoms with Crippen LogP contribution in [-0.2, 0) is 18.9 Å². The van der Waals surface area contributed by atoms with E-state index in [4.69, 9.17) is 0 Å². The van der Waals surface area contributed by atoms with Crippen LogP contribution < -0.4 is 16.2 Å². The first-order valence-corrected chi connectivity index (χ1v) is 7.04. The van der Waals surface area contributed by atoms with Gasteiger partial charge in [0.1, 0.15) is 6.04 Å². The number of hydrogen-bond acceptors (Lipinski definition) is 4. The smallest absolute Gasteiger partial charge is 0.264 e. The topological polar surface area (TPSA) is 81.0 Å². The Morgan fingerprint density at radius 2 is 2.10 bits per heavy atom. The third-order valence-corrected chi connectivity index (χ3v) is 3.58. The van der Waals surface area contributed by atoms with Crippen LogP contribution in [0.2, 0.25) is 0 Å². The van der Waals surface area contributed by atoms with Crippen molar-refractivity contribution in [2.24, 2.45) is 14.1 Å². The molecule has 1 unspecified atom stereocenters. The summed E-state index contributed by atoms with van der Waals surface area (Å²) < 4.78 is 3.43. The van der Waals surface area contributed by atoms with Crippen LogP contribution in [0.5, 0.6) is 0 Å².